The van der Waals surface area contributed by atoms with Crippen LogP contribution in [0.4, 0.5) is 0 Å². The third-order valence-electron chi connectivity index (χ3n) is 4.18. The maximum absolute atomic E-state index is 13.1. The molecule has 0 aromatic carbocycles. The Hall–Kier alpha value is -0.800. The molecule has 1 fully saturated rings. The zero-order valence-corrected chi connectivity index (χ0v) is 20.2. The Bertz CT molecular complexity index is 666. The van der Waals surface area contributed by atoms with E-state index in [9.17, 15) is 18.9 Å². The standard InChI is InChI=1S/C17H31ClN3O6PS/c1-7-26-28(25,27-8-2)11-20-15(24)14-16(3,4)29-17(5,6)21(14)13(23)10-19-12(22)9-18/h14H,7-11H2,1-6H3,(H,19,22)(H,20,24). The monoisotopic (exact) mass is 471 g/mol. The Balaban J connectivity index is 3.03. The van der Waals surface area contributed by atoms with Gasteiger partial charge in [-0.2, -0.15) is 0 Å². The number of carbonyl (C=O) groups excluding carboxylic acids is 3. The number of thioether (sulfide) groups is 1. The lowest BCUT2D eigenvalue weighted by Crippen LogP contribution is -2.58. The fraction of sp³-hybridized carbons (Fsp3) is 0.824. The molecular weight excluding hydrogens is 441 g/mol. The second kappa shape index (κ2) is 10.5. The van der Waals surface area contributed by atoms with E-state index in [1.54, 1.807) is 13.8 Å². The van der Waals surface area contributed by atoms with E-state index in [1.807, 2.05) is 27.7 Å². The first kappa shape index (κ1) is 26.2. The Labute approximate surface area is 181 Å². The number of amides is 3. The lowest BCUT2D eigenvalue weighted by molar-refractivity contribution is -0.143. The van der Waals surface area contributed by atoms with Crippen molar-refractivity contribution in [2.24, 2.45) is 0 Å². The van der Waals surface area contributed by atoms with Gasteiger partial charge in [-0.05, 0) is 41.5 Å². The van der Waals surface area contributed by atoms with Crippen LogP contribution in [0, 0.1) is 0 Å². The van der Waals surface area contributed by atoms with Crippen molar-refractivity contribution < 1.29 is 28.0 Å². The first-order chi connectivity index (χ1) is 13.3. The van der Waals surface area contributed by atoms with E-state index in [0.29, 0.717) is 0 Å². The zero-order valence-electron chi connectivity index (χ0n) is 17.7. The average Bonchev–Trinajstić information content (AvgIpc) is 2.81. The molecule has 1 atom stereocenters. The summed E-state index contributed by atoms with van der Waals surface area (Å²) in [7, 11) is -3.47. The number of nitrogens with zero attached hydrogens (tertiary/aromatic N) is 1. The lowest BCUT2D eigenvalue weighted by atomic mass is 9.99. The molecule has 1 aliphatic heterocycles. The second-order valence-corrected chi connectivity index (χ2v) is 12.0. The fourth-order valence-corrected chi connectivity index (χ4v) is 6.75. The van der Waals surface area contributed by atoms with Gasteiger partial charge < -0.3 is 24.6 Å². The van der Waals surface area contributed by atoms with Crippen LogP contribution in [0.1, 0.15) is 41.5 Å². The van der Waals surface area contributed by atoms with Crippen LogP contribution >= 0.6 is 31.0 Å². The molecule has 12 heteroatoms. The Morgan fingerprint density at radius 2 is 1.66 bits per heavy atom. The molecule has 0 saturated carbocycles. The number of hydrogen-bond donors (Lipinski definition) is 2. The van der Waals surface area contributed by atoms with E-state index >= 15 is 0 Å². The van der Waals surface area contributed by atoms with E-state index in [2.05, 4.69) is 10.6 Å². The van der Waals surface area contributed by atoms with Crippen LogP contribution in [0.2, 0.25) is 0 Å². The van der Waals surface area contributed by atoms with Crippen LogP contribution in [0.15, 0.2) is 0 Å². The number of carbonyl (C=O) groups is 3. The first-order valence-electron chi connectivity index (χ1n) is 9.34. The molecule has 9 nitrogen and oxygen atoms in total. The largest absolute Gasteiger partial charge is 0.349 e. The van der Waals surface area contributed by atoms with E-state index in [1.165, 1.54) is 16.7 Å². The van der Waals surface area contributed by atoms with Crippen LogP contribution in [0.3, 0.4) is 0 Å². The predicted molar refractivity (Wildman–Crippen MR) is 114 cm³/mol. The van der Waals surface area contributed by atoms with Crippen molar-refractivity contribution in [1.82, 2.24) is 15.5 Å². The van der Waals surface area contributed by atoms with Crippen LogP contribution < -0.4 is 10.6 Å². The summed E-state index contributed by atoms with van der Waals surface area (Å²) in [5.41, 5.74) is 0. The normalized spacial score (nSPS) is 20.4. The number of hydrogen-bond acceptors (Lipinski definition) is 7. The van der Waals surface area contributed by atoms with E-state index in [4.69, 9.17) is 20.6 Å². The molecule has 1 aliphatic rings. The van der Waals surface area contributed by atoms with Crippen LogP contribution in [0.25, 0.3) is 0 Å². The SMILES string of the molecule is CCOP(=O)(CNC(=O)C1N(C(=O)CNC(=O)CCl)C(C)(C)SC1(C)C)OCC. The molecule has 2 N–H and O–H groups in total. The molecule has 1 saturated heterocycles. The van der Waals surface area contributed by atoms with Crippen molar-refractivity contribution in [3.8, 4) is 0 Å². The van der Waals surface area contributed by atoms with Gasteiger partial charge in [-0.25, -0.2) is 0 Å². The molecule has 1 rings (SSSR count). The van der Waals surface area contributed by atoms with Crippen molar-refractivity contribution in [2.75, 3.05) is 31.9 Å². The van der Waals surface area contributed by atoms with E-state index in [-0.39, 0.29) is 31.9 Å². The fourth-order valence-electron chi connectivity index (χ4n) is 3.35. The summed E-state index contributed by atoms with van der Waals surface area (Å²) in [4.78, 5) is 38.1. The molecular formula is C17H31ClN3O6PS. The highest BCUT2D eigenvalue weighted by molar-refractivity contribution is 8.02. The van der Waals surface area contributed by atoms with Gasteiger partial charge in [-0.3, -0.25) is 18.9 Å². The van der Waals surface area contributed by atoms with Crippen LogP contribution in [-0.4, -0.2) is 70.2 Å². The van der Waals surface area contributed by atoms with Crippen molar-refractivity contribution in [1.29, 1.82) is 0 Å². The molecule has 0 aliphatic carbocycles. The van der Waals surface area contributed by atoms with Crippen molar-refractivity contribution in [2.45, 2.75) is 57.2 Å². The van der Waals surface area contributed by atoms with Gasteiger partial charge in [0, 0.05) is 4.75 Å². The molecule has 0 spiro atoms. The smallest absolute Gasteiger partial charge is 0.346 e. The number of halogens is 1. The molecule has 0 bridgehead atoms. The minimum absolute atomic E-state index is 0.176. The van der Waals surface area contributed by atoms with Gasteiger partial charge in [0.2, 0.25) is 17.7 Å². The molecule has 1 heterocycles. The maximum atomic E-state index is 13.1. The summed E-state index contributed by atoms with van der Waals surface area (Å²) in [5, 5.41) is 5.06. The highest BCUT2D eigenvalue weighted by atomic mass is 35.5. The summed E-state index contributed by atoms with van der Waals surface area (Å²) in [6, 6.07) is -0.848. The number of rotatable bonds is 10. The third kappa shape index (κ3) is 6.85. The molecule has 3 amide bonds. The summed E-state index contributed by atoms with van der Waals surface area (Å²) in [6.45, 7) is 10.8. The molecule has 1 unspecified atom stereocenters. The molecule has 0 radical (unpaired) electrons. The maximum Gasteiger partial charge on any atom is 0.349 e. The number of nitrogens with one attached hydrogen (secondary N) is 2. The zero-order chi connectivity index (χ0) is 22.5. The summed E-state index contributed by atoms with van der Waals surface area (Å²) >= 11 is 6.92. The van der Waals surface area contributed by atoms with Gasteiger partial charge in [0.05, 0.1) is 24.6 Å². The summed E-state index contributed by atoms with van der Waals surface area (Å²) in [6.07, 6.45) is -0.295. The number of alkyl halides is 1. The first-order valence-corrected chi connectivity index (χ1v) is 12.4. The minimum atomic E-state index is -3.47. The van der Waals surface area contributed by atoms with Crippen molar-refractivity contribution >= 4 is 48.7 Å². The van der Waals surface area contributed by atoms with Gasteiger partial charge in [0.1, 0.15) is 18.2 Å². The summed E-state index contributed by atoms with van der Waals surface area (Å²) in [5.74, 6) is -1.61. The van der Waals surface area contributed by atoms with Gasteiger partial charge >= 0.3 is 7.60 Å². The predicted octanol–water partition coefficient (Wildman–Crippen LogP) is 2.14. The second-order valence-electron chi connectivity index (χ2n) is 7.37. The molecule has 0 aromatic rings. The Morgan fingerprint density at radius 3 is 2.14 bits per heavy atom. The van der Waals surface area contributed by atoms with Gasteiger partial charge in [-0.15, -0.1) is 23.4 Å². The molecule has 168 valence electrons. The average molecular weight is 472 g/mol. The molecule has 0 aromatic heterocycles. The van der Waals surface area contributed by atoms with Gasteiger partial charge in [0.25, 0.3) is 0 Å². The third-order valence-corrected chi connectivity index (χ3v) is 7.72. The quantitative estimate of drug-likeness (QED) is 0.370. The van der Waals surface area contributed by atoms with E-state index in [0.717, 1.165) is 0 Å². The van der Waals surface area contributed by atoms with Crippen molar-refractivity contribution in [3.63, 3.8) is 0 Å². The summed E-state index contributed by atoms with van der Waals surface area (Å²) < 4.78 is 22.4. The molecule has 29 heavy (non-hydrogen) atoms. The van der Waals surface area contributed by atoms with Crippen LogP contribution in [-0.2, 0) is 28.0 Å². The highest BCUT2D eigenvalue weighted by Gasteiger charge is 2.56. The van der Waals surface area contributed by atoms with Gasteiger partial charge in [-0.1, -0.05) is 0 Å². The highest BCUT2D eigenvalue weighted by Crippen LogP contribution is 2.51. The van der Waals surface area contributed by atoms with Gasteiger partial charge in [0.15, 0.2) is 0 Å². The topological polar surface area (TPSA) is 114 Å². The van der Waals surface area contributed by atoms with E-state index < -0.39 is 41.0 Å². The Morgan fingerprint density at radius 1 is 1.10 bits per heavy atom. The lowest BCUT2D eigenvalue weighted by Gasteiger charge is -2.35. The minimum Gasteiger partial charge on any atom is -0.346 e. The Kier molecular flexibility index (Phi) is 9.48. The van der Waals surface area contributed by atoms with Crippen molar-refractivity contribution in [3.05, 3.63) is 0 Å². The van der Waals surface area contributed by atoms with Crippen LogP contribution in [0.5, 0.6) is 0 Å².